The van der Waals surface area contributed by atoms with Crippen LogP contribution in [-0.4, -0.2) is 50.9 Å². The number of amides is 2. The number of hydrogen-bond acceptors (Lipinski definition) is 5. The summed E-state index contributed by atoms with van der Waals surface area (Å²) < 4.78 is 34.8. The van der Waals surface area contributed by atoms with Crippen molar-refractivity contribution in [3.8, 4) is 5.75 Å². The highest BCUT2D eigenvalue weighted by Crippen LogP contribution is 2.35. The lowest BCUT2D eigenvalue weighted by Gasteiger charge is -2.34. The van der Waals surface area contributed by atoms with E-state index in [9.17, 15) is 18.0 Å². The summed E-state index contributed by atoms with van der Waals surface area (Å²) in [5, 5.41) is 3.92. The van der Waals surface area contributed by atoms with Crippen molar-refractivity contribution in [1.82, 2.24) is 10.2 Å². The van der Waals surface area contributed by atoms with Crippen LogP contribution in [-0.2, 0) is 26.2 Å². The highest BCUT2D eigenvalue weighted by Gasteiger charge is 2.35. The number of rotatable bonds is 12. The molecule has 1 aliphatic carbocycles. The molecule has 0 aliphatic heterocycles. The maximum atomic E-state index is 14.3. The van der Waals surface area contributed by atoms with Gasteiger partial charge in [0, 0.05) is 22.6 Å². The van der Waals surface area contributed by atoms with Gasteiger partial charge in [-0.25, -0.2) is 8.42 Å². The summed E-state index contributed by atoms with van der Waals surface area (Å²) in [6.07, 6.45) is 4.21. The zero-order valence-corrected chi connectivity index (χ0v) is 26.9. The molecule has 1 fully saturated rings. The number of carbonyl (C=O) groups is 2. The Morgan fingerprint density at radius 2 is 1.60 bits per heavy atom. The molecule has 1 saturated carbocycles. The van der Waals surface area contributed by atoms with Crippen molar-refractivity contribution in [2.75, 3.05) is 18.0 Å². The highest BCUT2D eigenvalue weighted by atomic mass is 35.5. The van der Waals surface area contributed by atoms with Crippen molar-refractivity contribution < 1.29 is 22.7 Å². The third kappa shape index (κ3) is 8.02. The van der Waals surface area contributed by atoms with E-state index in [1.165, 1.54) is 30.2 Å². The first kappa shape index (κ1) is 32.6. The van der Waals surface area contributed by atoms with E-state index in [1.54, 1.807) is 48.5 Å². The third-order valence-corrected chi connectivity index (χ3v) is 9.91. The maximum absolute atomic E-state index is 14.3. The molecule has 0 aromatic heterocycles. The van der Waals surface area contributed by atoms with Gasteiger partial charge >= 0.3 is 0 Å². The monoisotopic (exact) mass is 645 g/mol. The first-order valence-electron chi connectivity index (χ1n) is 14.3. The van der Waals surface area contributed by atoms with Gasteiger partial charge in [0.2, 0.25) is 11.8 Å². The molecule has 0 saturated heterocycles. The Kier molecular flexibility index (Phi) is 11.0. The second kappa shape index (κ2) is 14.5. The molecular weight excluding hydrogens is 609 g/mol. The molecule has 3 aromatic carbocycles. The standard InChI is InChI=1S/C32H37Cl2N3O5S/c1-4-28(32(39)35-26-7-5-6-8-26)36(20-23-11-13-24(33)14-12-23)31(38)21-37(29-19-25(34)15-18-30(29)42-3)43(40,41)27-16-9-22(2)10-17-27/h9-19,26,28H,4-8,20-21H2,1-3H3,(H,35,39)/t28-/m0/s1. The molecule has 1 aliphatic rings. The smallest absolute Gasteiger partial charge is 0.264 e. The van der Waals surface area contributed by atoms with Crippen molar-refractivity contribution in [1.29, 1.82) is 0 Å². The van der Waals surface area contributed by atoms with Gasteiger partial charge in [-0.15, -0.1) is 0 Å². The van der Waals surface area contributed by atoms with Crippen LogP contribution in [0.3, 0.4) is 0 Å². The van der Waals surface area contributed by atoms with E-state index in [1.807, 2.05) is 13.8 Å². The van der Waals surface area contributed by atoms with Gasteiger partial charge in [0.05, 0.1) is 17.7 Å². The zero-order valence-electron chi connectivity index (χ0n) is 24.6. The van der Waals surface area contributed by atoms with Gasteiger partial charge in [-0.1, -0.05) is 72.8 Å². The fourth-order valence-corrected chi connectivity index (χ4v) is 6.99. The number of methoxy groups -OCH3 is 1. The van der Waals surface area contributed by atoms with Gasteiger partial charge in [-0.2, -0.15) is 0 Å². The maximum Gasteiger partial charge on any atom is 0.264 e. The fraction of sp³-hybridized carbons (Fsp3) is 0.375. The molecule has 43 heavy (non-hydrogen) atoms. The van der Waals surface area contributed by atoms with Gasteiger partial charge in [-0.3, -0.25) is 13.9 Å². The molecule has 0 spiro atoms. The molecule has 0 radical (unpaired) electrons. The predicted molar refractivity (Wildman–Crippen MR) is 170 cm³/mol. The molecule has 0 heterocycles. The number of carbonyl (C=O) groups excluding carboxylic acids is 2. The number of sulfonamides is 1. The van der Waals surface area contributed by atoms with Crippen LogP contribution in [0.2, 0.25) is 10.0 Å². The van der Waals surface area contributed by atoms with E-state index in [0.29, 0.717) is 11.4 Å². The number of anilines is 1. The van der Waals surface area contributed by atoms with E-state index in [2.05, 4.69) is 5.32 Å². The van der Waals surface area contributed by atoms with Gasteiger partial charge in [0.25, 0.3) is 10.0 Å². The Bertz CT molecular complexity index is 1530. The lowest BCUT2D eigenvalue weighted by atomic mass is 10.1. The average molecular weight is 647 g/mol. The van der Waals surface area contributed by atoms with E-state index in [0.717, 1.165) is 41.1 Å². The summed E-state index contributed by atoms with van der Waals surface area (Å²) in [5.41, 5.74) is 1.74. The van der Waals surface area contributed by atoms with Gasteiger partial charge < -0.3 is 15.0 Å². The normalized spacial score (nSPS) is 14.3. The molecule has 11 heteroatoms. The van der Waals surface area contributed by atoms with Crippen LogP contribution >= 0.6 is 23.2 Å². The number of benzene rings is 3. The Morgan fingerprint density at radius 3 is 2.21 bits per heavy atom. The summed E-state index contributed by atoms with van der Waals surface area (Å²) in [5.74, 6) is -0.589. The number of nitrogens with one attached hydrogen (secondary N) is 1. The minimum absolute atomic E-state index is 0.00296. The summed E-state index contributed by atoms with van der Waals surface area (Å²) in [6.45, 7) is 3.18. The fourth-order valence-electron chi connectivity index (χ4n) is 5.28. The van der Waals surface area contributed by atoms with Crippen molar-refractivity contribution in [3.05, 3.63) is 87.9 Å². The summed E-state index contributed by atoms with van der Waals surface area (Å²) >= 11 is 12.4. The summed E-state index contributed by atoms with van der Waals surface area (Å²) in [6, 6.07) is 17.2. The molecular formula is C32H37Cl2N3O5S. The van der Waals surface area contributed by atoms with Crippen molar-refractivity contribution in [2.24, 2.45) is 0 Å². The summed E-state index contributed by atoms with van der Waals surface area (Å²) in [7, 11) is -2.85. The average Bonchev–Trinajstić information content (AvgIpc) is 3.50. The number of halogens is 2. The van der Waals surface area contributed by atoms with Crippen LogP contribution in [0.1, 0.15) is 50.2 Å². The van der Waals surface area contributed by atoms with Crippen LogP contribution in [0.15, 0.2) is 71.6 Å². The molecule has 230 valence electrons. The second-order valence-corrected chi connectivity index (χ2v) is 13.4. The van der Waals surface area contributed by atoms with E-state index in [4.69, 9.17) is 27.9 Å². The Labute approximate surface area is 264 Å². The molecule has 0 bridgehead atoms. The first-order valence-corrected chi connectivity index (χ1v) is 16.5. The predicted octanol–water partition coefficient (Wildman–Crippen LogP) is 6.37. The number of aryl methyl sites for hydroxylation is 1. The van der Waals surface area contributed by atoms with Gasteiger partial charge in [0.1, 0.15) is 18.3 Å². The highest BCUT2D eigenvalue weighted by molar-refractivity contribution is 7.92. The van der Waals surface area contributed by atoms with Crippen LogP contribution in [0.5, 0.6) is 5.75 Å². The molecule has 4 rings (SSSR count). The minimum Gasteiger partial charge on any atom is -0.495 e. The van der Waals surface area contributed by atoms with Crippen molar-refractivity contribution in [3.63, 3.8) is 0 Å². The van der Waals surface area contributed by atoms with Crippen LogP contribution in [0.4, 0.5) is 5.69 Å². The minimum atomic E-state index is -4.27. The number of nitrogens with zero attached hydrogens (tertiary/aromatic N) is 2. The van der Waals surface area contributed by atoms with E-state index >= 15 is 0 Å². The molecule has 1 N–H and O–H groups in total. The topological polar surface area (TPSA) is 96.0 Å². The Morgan fingerprint density at radius 1 is 0.977 bits per heavy atom. The Hall–Kier alpha value is -3.27. The molecule has 8 nitrogen and oxygen atoms in total. The lowest BCUT2D eigenvalue weighted by Crippen LogP contribution is -2.53. The Balaban J connectivity index is 1.76. The van der Waals surface area contributed by atoms with Gasteiger partial charge in [0.15, 0.2) is 0 Å². The SMILES string of the molecule is CC[C@@H](C(=O)NC1CCCC1)N(Cc1ccc(Cl)cc1)C(=O)CN(c1cc(Cl)ccc1OC)S(=O)(=O)c1ccc(C)cc1. The first-order chi connectivity index (χ1) is 20.5. The molecule has 3 aromatic rings. The molecule has 1 atom stereocenters. The van der Waals surface area contributed by atoms with Crippen molar-refractivity contribution in [2.45, 2.75) is 69.5 Å². The van der Waals surface area contributed by atoms with Crippen LogP contribution in [0.25, 0.3) is 0 Å². The number of ether oxygens (including phenoxy) is 1. The van der Waals surface area contributed by atoms with Crippen LogP contribution in [0, 0.1) is 6.92 Å². The molecule has 2 amide bonds. The quantitative estimate of drug-likeness (QED) is 0.247. The zero-order chi connectivity index (χ0) is 31.1. The lowest BCUT2D eigenvalue weighted by molar-refractivity contribution is -0.140. The van der Waals surface area contributed by atoms with Crippen LogP contribution < -0.4 is 14.4 Å². The van der Waals surface area contributed by atoms with Gasteiger partial charge in [-0.05, 0) is 74.2 Å². The van der Waals surface area contributed by atoms with E-state index in [-0.39, 0.29) is 39.8 Å². The third-order valence-electron chi connectivity index (χ3n) is 7.65. The van der Waals surface area contributed by atoms with E-state index < -0.39 is 28.5 Å². The number of hydrogen-bond donors (Lipinski definition) is 1. The second-order valence-electron chi connectivity index (χ2n) is 10.7. The molecule has 0 unspecified atom stereocenters. The largest absolute Gasteiger partial charge is 0.495 e. The summed E-state index contributed by atoms with van der Waals surface area (Å²) in [4.78, 5) is 29.3. The van der Waals surface area contributed by atoms with Crippen molar-refractivity contribution >= 4 is 50.7 Å².